The minimum atomic E-state index is -0.305. The van der Waals surface area contributed by atoms with Crippen LogP contribution in [-0.2, 0) is 5.54 Å². The lowest BCUT2D eigenvalue weighted by Crippen LogP contribution is -2.59. The number of carbonyl (C=O) groups is 1. The van der Waals surface area contributed by atoms with Crippen molar-refractivity contribution >= 4 is 22.5 Å². The molecule has 0 bridgehead atoms. The smallest absolute Gasteiger partial charge is 0.252 e. The molecule has 2 aromatic carbocycles. The standard InChI is InChI=1S/C27H30N4O2/c1-18-6-7-19(31-15-20(16-31)30-13-9-21(32)17-30)14-23(18)26(33)29-27(10-11-27)24-8-12-28-25-5-3-2-4-22(24)25/h2-8,12,14,20-21,32H,9-11,13,15-17H2,1H3,(H,29,33). The Morgan fingerprint density at radius 1 is 1.12 bits per heavy atom. The zero-order chi connectivity index (χ0) is 22.6. The van der Waals surface area contributed by atoms with E-state index in [-0.39, 0.29) is 17.6 Å². The number of nitrogens with zero attached hydrogens (tertiary/aromatic N) is 3. The van der Waals surface area contributed by atoms with Crippen LogP contribution in [0.1, 0.15) is 40.7 Å². The van der Waals surface area contributed by atoms with Crippen molar-refractivity contribution in [1.82, 2.24) is 15.2 Å². The van der Waals surface area contributed by atoms with Crippen LogP contribution in [0.4, 0.5) is 5.69 Å². The van der Waals surface area contributed by atoms with E-state index in [2.05, 4.69) is 38.3 Å². The van der Waals surface area contributed by atoms with Gasteiger partial charge in [-0.3, -0.25) is 14.7 Å². The Kier molecular flexibility index (Phi) is 4.89. The van der Waals surface area contributed by atoms with Crippen LogP contribution in [0.3, 0.4) is 0 Å². The fourth-order valence-corrected chi connectivity index (χ4v) is 5.43. The maximum absolute atomic E-state index is 13.4. The van der Waals surface area contributed by atoms with E-state index in [1.807, 2.05) is 43.5 Å². The molecular formula is C27H30N4O2. The van der Waals surface area contributed by atoms with Gasteiger partial charge in [0.05, 0.1) is 17.2 Å². The Morgan fingerprint density at radius 2 is 1.94 bits per heavy atom. The molecule has 3 heterocycles. The number of nitrogens with one attached hydrogen (secondary N) is 1. The molecule has 1 aliphatic carbocycles. The number of anilines is 1. The number of hydrogen-bond acceptors (Lipinski definition) is 5. The molecule has 6 nitrogen and oxygen atoms in total. The highest BCUT2D eigenvalue weighted by Gasteiger charge is 2.47. The van der Waals surface area contributed by atoms with Gasteiger partial charge in [-0.2, -0.15) is 0 Å². The summed E-state index contributed by atoms with van der Waals surface area (Å²) >= 11 is 0. The molecule has 3 aliphatic rings. The number of aryl methyl sites for hydroxylation is 1. The summed E-state index contributed by atoms with van der Waals surface area (Å²) in [6.07, 6.45) is 4.43. The molecule has 1 unspecified atom stereocenters. The van der Waals surface area contributed by atoms with E-state index < -0.39 is 0 Å². The maximum atomic E-state index is 13.4. The second-order valence-electron chi connectivity index (χ2n) is 9.91. The summed E-state index contributed by atoms with van der Waals surface area (Å²) in [4.78, 5) is 22.6. The molecule has 3 fully saturated rings. The topological polar surface area (TPSA) is 68.7 Å². The van der Waals surface area contributed by atoms with E-state index >= 15 is 0 Å². The second kappa shape index (κ2) is 7.82. The van der Waals surface area contributed by atoms with Gasteiger partial charge in [-0.25, -0.2) is 0 Å². The molecule has 1 atom stereocenters. The van der Waals surface area contributed by atoms with Crippen molar-refractivity contribution < 1.29 is 9.90 Å². The number of carbonyl (C=O) groups excluding carboxylic acids is 1. The van der Waals surface area contributed by atoms with Gasteiger partial charge < -0.3 is 15.3 Å². The summed E-state index contributed by atoms with van der Waals surface area (Å²) in [5, 5.41) is 14.3. The third-order valence-corrected chi connectivity index (χ3v) is 7.67. The van der Waals surface area contributed by atoms with Crippen LogP contribution in [0.5, 0.6) is 0 Å². The van der Waals surface area contributed by atoms with Crippen molar-refractivity contribution in [2.45, 2.75) is 43.9 Å². The van der Waals surface area contributed by atoms with Gasteiger partial charge in [-0.05, 0) is 61.6 Å². The van der Waals surface area contributed by atoms with E-state index in [1.54, 1.807) is 0 Å². The summed E-state index contributed by atoms with van der Waals surface area (Å²) in [5.74, 6) is -0.00696. The highest BCUT2D eigenvalue weighted by atomic mass is 16.3. The lowest BCUT2D eigenvalue weighted by Gasteiger charge is -2.45. The summed E-state index contributed by atoms with van der Waals surface area (Å²) in [6.45, 7) is 5.66. The predicted octanol–water partition coefficient (Wildman–Crippen LogP) is 3.22. The zero-order valence-corrected chi connectivity index (χ0v) is 19.0. The highest BCUT2D eigenvalue weighted by Crippen LogP contribution is 2.48. The average Bonchev–Trinajstić information content (AvgIpc) is 3.45. The van der Waals surface area contributed by atoms with Crippen LogP contribution in [0.2, 0.25) is 0 Å². The number of pyridine rings is 1. The predicted molar refractivity (Wildman–Crippen MR) is 129 cm³/mol. The Bertz CT molecular complexity index is 1210. The monoisotopic (exact) mass is 442 g/mol. The van der Waals surface area contributed by atoms with Crippen LogP contribution in [0.15, 0.2) is 54.7 Å². The van der Waals surface area contributed by atoms with E-state index in [0.717, 1.165) is 78.7 Å². The summed E-state index contributed by atoms with van der Waals surface area (Å²) in [5.41, 5.74) is 4.66. The first-order chi connectivity index (χ1) is 16.0. The molecule has 1 saturated carbocycles. The first kappa shape index (κ1) is 20.6. The van der Waals surface area contributed by atoms with Crippen molar-refractivity contribution in [3.05, 3.63) is 71.4 Å². The largest absolute Gasteiger partial charge is 0.392 e. The zero-order valence-electron chi connectivity index (χ0n) is 19.0. The summed E-state index contributed by atoms with van der Waals surface area (Å²) in [6, 6.07) is 16.9. The number of aliphatic hydroxyl groups excluding tert-OH is 1. The normalized spacial score (nSPS) is 22.4. The number of rotatable bonds is 5. The Hall–Kier alpha value is -2.96. The van der Waals surface area contributed by atoms with Crippen molar-refractivity contribution in [3.63, 3.8) is 0 Å². The summed E-state index contributed by atoms with van der Waals surface area (Å²) in [7, 11) is 0. The number of fused-ring (bicyclic) bond motifs is 1. The van der Waals surface area contributed by atoms with Crippen molar-refractivity contribution in [1.29, 1.82) is 0 Å². The van der Waals surface area contributed by atoms with Crippen LogP contribution < -0.4 is 10.2 Å². The van der Waals surface area contributed by atoms with Gasteiger partial charge in [0, 0.05) is 55.1 Å². The number of amides is 1. The molecule has 1 amide bonds. The molecule has 0 spiro atoms. The van der Waals surface area contributed by atoms with Gasteiger partial charge in [-0.15, -0.1) is 0 Å². The molecular weight excluding hydrogens is 412 g/mol. The van der Waals surface area contributed by atoms with E-state index in [4.69, 9.17) is 0 Å². The first-order valence-electron chi connectivity index (χ1n) is 12.0. The van der Waals surface area contributed by atoms with Crippen molar-refractivity contribution in [3.8, 4) is 0 Å². The molecule has 6 rings (SSSR count). The number of aromatic nitrogens is 1. The van der Waals surface area contributed by atoms with Crippen LogP contribution in [-0.4, -0.2) is 59.2 Å². The van der Waals surface area contributed by atoms with Crippen LogP contribution >= 0.6 is 0 Å². The molecule has 1 aromatic heterocycles. The number of β-amino-alcohol motifs (C(OH)–C–C–N with tert-alkyl or cyclic N) is 1. The minimum absolute atomic E-state index is 0.00696. The van der Waals surface area contributed by atoms with Gasteiger partial charge in [-0.1, -0.05) is 24.3 Å². The quantitative estimate of drug-likeness (QED) is 0.635. The Labute approximate surface area is 194 Å². The van der Waals surface area contributed by atoms with E-state index in [1.165, 1.54) is 0 Å². The van der Waals surface area contributed by atoms with E-state index in [9.17, 15) is 9.90 Å². The van der Waals surface area contributed by atoms with Crippen LogP contribution in [0.25, 0.3) is 10.9 Å². The van der Waals surface area contributed by atoms with Gasteiger partial charge in [0.25, 0.3) is 5.91 Å². The van der Waals surface area contributed by atoms with E-state index in [0.29, 0.717) is 6.04 Å². The first-order valence-corrected chi connectivity index (χ1v) is 12.0. The molecule has 0 radical (unpaired) electrons. The van der Waals surface area contributed by atoms with Crippen LogP contribution in [0, 0.1) is 6.92 Å². The molecule has 6 heteroatoms. The van der Waals surface area contributed by atoms with Gasteiger partial charge in [0.15, 0.2) is 0 Å². The molecule has 3 aromatic rings. The lowest BCUT2D eigenvalue weighted by atomic mass is 9.98. The molecule has 2 N–H and O–H groups in total. The Balaban J connectivity index is 1.20. The minimum Gasteiger partial charge on any atom is -0.392 e. The number of benzene rings is 2. The molecule has 170 valence electrons. The molecule has 2 saturated heterocycles. The van der Waals surface area contributed by atoms with Gasteiger partial charge in [0.1, 0.15) is 0 Å². The number of para-hydroxylation sites is 1. The highest BCUT2D eigenvalue weighted by molar-refractivity contribution is 5.98. The second-order valence-corrected chi connectivity index (χ2v) is 9.91. The van der Waals surface area contributed by atoms with Crippen molar-refractivity contribution in [2.24, 2.45) is 0 Å². The molecule has 2 aliphatic heterocycles. The number of hydrogen-bond donors (Lipinski definition) is 2. The van der Waals surface area contributed by atoms with Gasteiger partial charge in [0.2, 0.25) is 0 Å². The van der Waals surface area contributed by atoms with Crippen molar-refractivity contribution in [2.75, 3.05) is 31.1 Å². The van der Waals surface area contributed by atoms with Gasteiger partial charge >= 0.3 is 0 Å². The number of aliphatic hydroxyl groups is 1. The summed E-state index contributed by atoms with van der Waals surface area (Å²) < 4.78 is 0. The SMILES string of the molecule is Cc1ccc(N2CC(N3CCC(O)C3)C2)cc1C(=O)NC1(c2ccnc3ccccc23)CC1. The Morgan fingerprint density at radius 3 is 2.70 bits per heavy atom. The third-order valence-electron chi connectivity index (χ3n) is 7.67. The maximum Gasteiger partial charge on any atom is 0.252 e. The lowest BCUT2D eigenvalue weighted by molar-refractivity contribution is 0.0930. The fourth-order valence-electron chi connectivity index (χ4n) is 5.43. The third kappa shape index (κ3) is 3.67. The molecule has 33 heavy (non-hydrogen) atoms. The average molecular weight is 443 g/mol. The number of likely N-dealkylation sites (tertiary alicyclic amines) is 1. The fraction of sp³-hybridized carbons (Fsp3) is 0.407.